The van der Waals surface area contributed by atoms with E-state index in [0.29, 0.717) is 0 Å². The van der Waals surface area contributed by atoms with Crippen molar-refractivity contribution in [3.05, 3.63) is 0 Å². The number of likely N-dealkylation sites (tertiary alicyclic amines) is 1. The van der Waals surface area contributed by atoms with Crippen LogP contribution in [0.25, 0.3) is 0 Å². The molecule has 1 atom stereocenters. The number of hydrogen-bond acceptors (Lipinski definition) is 3. The third kappa shape index (κ3) is 3.50. The summed E-state index contributed by atoms with van der Waals surface area (Å²) in [5.41, 5.74) is 0. The van der Waals surface area contributed by atoms with Gasteiger partial charge in [-0.2, -0.15) is 11.8 Å². The highest BCUT2D eigenvalue weighted by atomic mass is 32.2. The van der Waals surface area contributed by atoms with Gasteiger partial charge in [-0.1, -0.05) is 0 Å². The van der Waals surface area contributed by atoms with Crippen LogP contribution in [0, 0.1) is 0 Å². The molecule has 1 unspecified atom stereocenters. The summed E-state index contributed by atoms with van der Waals surface area (Å²) in [5.74, 6) is 0.540. The van der Waals surface area contributed by atoms with Crippen LogP contribution in [0.1, 0.15) is 25.7 Å². The zero-order valence-corrected chi connectivity index (χ0v) is 9.55. The van der Waals surface area contributed by atoms with Crippen LogP contribution >= 0.6 is 11.8 Å². The molecule has 0 amide bonds. The minimum atomic E-state index is -0.646. The van der Waals surface area contributed by atoms with Crippen LogP contribution < -0.4 is 0 Å². The average molecular weight is 217 g/mol. The summed E-state index contributed by atoms with van der Waals surface area (Å²) >= 11 is 1.86. The maximum Gasteiger partial charge on any atom is 0.320 e. The first-order valence-electron chi connectivity index (χ1n) is 5.21. The second-order valence-corrected chi connectivity index (χ2v) is 4.72. The molecule has 0 bridgehead atoms. The minimum absolute atomic E-state index is 0.204. The first kappa shape index (κ1) is 11.9. The van der Waals surface area contributed by atoms with Crippen LogP contribution in [0.5, 0.6) is 0 Å². The van der Waals surface area contributed by atoms with Crippen LogP contribution in [0.4, 0.5) is 0 Å². The number of aliphatic carboxylic acids is 1. The van der Waals surface area contributed by atoms with Gasteiger partial charge < -0.3 is 5.11 Å². The van der Waals surface area contributed by atoms with Crippen molar-refractivity contribution in [3.63, 3.8) is 0 Å². The zero-order chi connectivity index (χ0) is 10.4. The summed E-state index contributed by atoms with van der Waals surface area (Å²) in [6, 6.07) is -0.204. The molecule has 0 saturated carbocycles. The molecule has 3 nitrogen and oxygen atoms in total. The Balaban J connectivity index is 2.19. The Morgan fingerprint density at radius 3 is 3.00 bits per heavy atom. The van der Waals surface area contributed by atoms with E-state index in [1.54, 1.807) is 0 Å². The summed E-state index contributed by atoms with van der Waals surface area (Å²) < 4.78 is 0. The standard InChI is InChI=1S/C10H19NO2S/c1-14-8-3-2-6-11-7-4-5-9(11)10(12)13/h9H,2-8H2,1H3,(H,12,13). The van der Waals surface area contributed by atoms with E-state index in [1.165, 1.54) is 12.2 Å². The molecule has 1 fully saturated rings. The van der Waals surface area contributed by atoms with E-state index in [9.17, 15) is 4.79 Å². The molecule has 0 aliphatic carbocycles. The van der Waals surface area contributed by atoms with E-state index in [1.807, 2.05) is 11.8 Å². The molecule has 1 rings (SSSR count). The maximum atomic E-state index is 10.9. The highest BCUT2D eigenvalue weighted by Gasteiger charge is 2.29. The lowest BCUT2D eigenvalue weighted by Crippen LogP contribution is -2.36. The van der Waals surface area contributed by atoms with Crippen molar-refractivity contribution in [1.29, 1.82) is 0 Å². The first-order valence-corrected chi connectivity index (χ1v) is 6.61. The Morgan fingerprint density at radius 1 is 1.57 bits per heavy atom. The van der Waals surface area contributed by atoms with Gasteiger partial charge in [-0.15, -0.1) is 0 Å². The summed E-state index contributed by atoms with van der Waals surface area (Å²) in [6.45, 7) is 1.92. The number of carboxylic acids is 1. The normalized spacial score (nSPS) is 22.8. The van der Waals surface area contributed by atoms with E-state index >= 15 is 0 Å². The lowest BCUT2D eigenvalue weighted by molar-refractivity contribution is -0.142. The number of hydrogen-bond donors (Lipinski definition) is 1. The lowest BCUT2D eigenvalue weighted by Gasteiger charge is -2.20. The van der Waals surface area contributed by atoms with Gasteiger partial charge >= 0.3 is 5.97 Å². The second-order valence-electron chi connectivity index (χ2n) is 3.73. The number of carbonyl (C=O) groups is 1. The summed E-state index contributed by atoms with van der Waals surface area (Å²) in [5, 5.41) is 8.94. The van der Waals surface area contributed by atoms with Gasteiger partial charge in [0.05, 0.1) is 0 Å². The molecule has 1 aliphatic rings. The number of carboxylic acid groups (broad SMARTS) is 1. The first-order chi connectivity index (χ1) is 6.75. The topological polar surface area (TPSA) is 40.5 Å². The molecule has 0 aromatic rings. The van der Waals surface area contributed by atoms with Crippen LogP contribution in [0.3, 0.4) is 0 Å². The number of rotatable bonds is 6. The molecule has 0 spiro atoms. The Kier molecular flexibility index (Phi) is 5.33. The Hall–Kier alpha value is -0.220. The van der Waals surface area contributed by atoms with Gasteiger partial charge in [0, 0.05) is 0 Å². The molecule has 0 radical (unpaired) electrons. The maximum absolute atomic E-state index is 10.9. The molecule has 0 aromatic carbocycles. The van der Waals surface area contributed by atoms with E-state index in [-0.39, 0.29) is 6.04 Å². The van der Waals surface area contributed by atoms with Crippen LogP contribution in [0.2, 0.25) is 0 Å². The minimum Gasteiger partial charge on any atom is -0.480 e. The monoisotopic (exact) mass is 217 g/mol. The average Bonchev–Trinajstić information content (AvgIpc) is 2.60. The van der Waals surface area contributed by atoms with E-state index < -0.39 is 5.97 Å². The quantitative estimate of drug-likeness (QED) is 0.687. The van der Waals surface area contributed by atoms with Crippen molar-refractivity contribution in [3.8, 4) is 0 Å². The van der Waals surface area contributed by atoms with Gasteiger partial charge in [0.1, 0.15) is 6.04 Å². The Morgan fingerprint density at radius 2 is 2.36 bits per heavy atom. The van der Waals surface area contributed by atoms with Gasteiger partial charge in [-0.05, 0) is 50.8 Å². The van der Waals surface area contributed by atoms with Gasteiger partial charge in [0.25, 0.3) is 0 Å². The van der Waals surface area contributed by atoms with Crippen LogP contribution in [0.15, 0.2) is 0 Å². The fraction of sp³-hybridized carbons (Fsp3) is 0.900. The van der Waals surface area contributed by atoms with E-state index in [4.69, 9.17) is 5.11 Å². The molecular weight excluding hydrogens is 198 g/mol. The molecule has 1 N–H and O–H groups in total. The molecule has 1 saturated heterocycles. The molecule has 14 heavy (non-hydrogen) atoms. The predicted octanol–water partition coefficient (Wildman–Crippen LogP) is 1.68. The van der Waals surface area contributed by atoms with Crippen molar-refractivity contribution < 1.29 is 9.90 Å². The molecule has 1 aliphatic heterocycles. The third-order valence-electron chi connectivity index (χ3n) is 2.69. The van der Waals surface area contributed by atoms with Gasteiger partial charge in [-0.25, -0.2) is 0 Å². The number of nitrogens with zero attached hydrogens (tertiary/aromatic N) is 1. The molecular formula is C10H19NO2S. The predicted molar refractivity (Wildman–Crippen MR) is 59.8 cm³/mol. The summed E-state index contributed by atoms with van der Waals surface area (Å²) in [6.07, 6.45) is 6.31. The SMILES string of the molecule is CSCCCCN1CCCC1C(=O)O. The van der Waals surface area contributed by atoms with Crippen molar-refractivity contribution >= 4 is 17.7 Å². The smallest absolute Gasteiger partial charge is 0.320 e. The van der Waals surface area contributed by atoms with Crippen molar-refractivity contribution in [2.75, 3.05) is 25.1 Å². The van der Waals surface area contributed by atoms with Crippen LogP contribution in [-0.2, 0) is 4.79 Å². The zero-order valence-electron chi connectivity index (χ0n) is 8.74. The largest absolute Gasteiger partial charge is 0.480 e. The molecule has 0 aromatic heterocycles. The fourth-order valence-electron chi connectivity index (χ4n) is 1.93. The van der Waals surface area contributed by atoms with Crippen LogP contribution in [-0.4, -0.2) is 47.1 Å². The Labute approximate surface area is 89.9 Å². The van der Waals surface area contributed by atoms with E-state index in [2.05, 4.69) is 11.2 Å². The van der Waals surface area contributed by atoms with Crippen molar-refractivity contribution in [2.24, 2.45) is 0 Å². The fourth-order valence-corrected chi connectivity index (χ4v) is 2.43. The van der Waals surface area contributed by atoms with Gasteiger partial charge in [0.15, 0.2) is 0 Å². The highest BCUT2D eigenvalue weighted by Crippen LogP contribution is 2.17. The second kappa shape index (κ2) is 6.30. The van der Waals surface area contributed by atoms with Gasteiger partial charge in [0.2, 0.25) is 0 Å². The van der Waals surface area contributed by atoms with Gasteiger partial charge in [-0.3, -0.25) is 9.69 Å². The molecule has 82 valence electrons. The molecule has 4 heteroatoms. The number of unbranched alkanes of at least 4 members (excludes halogenated alkanes) is 1. The molecule has 1 heterocycles. The van der Waals surface area contributed by atoms with E-state index in [0.717, 1.165) is 32.4 Å². The van der Waals surface area contributed by atoms with Crippen molar-refractivity contribution in [1.82, 2.24) is 4.90 Å². The number of thioether (sulfide) groups is 1. The summed E-state index contributed by atoms with van der Waals surface area (Å²) in [7, 11) is 0. The lowest BCUT2D eigenvalue weighted by atomic mass is 10.2. The summed E-state index contributed by atoms with van der Waals surface area (Å²) in [4.78, 5) is 13.0. The third-order valence-corrected chi connectivity index (χ3v) is 3.39. The Bertz CT molecular complexity index is 187. The van der Waals surface area contributed by atoms with Crippen molar-refractivity contribution in [2.45, 2.75) is 31.7 Å². The highest BCUT2D eigenvalue weighted by molar-refractivity contribution is 7.98.